The fourth-order valence-electron chi connectivity index (χ4n) is 0.935. The van der Waals surface area contributed by atoms with Gasteiger partial charge in [0.1, 0.15) is 5.82 Å². The Morgan fingerprint density at radius 3 is 2.14 bits per heavy atom. The Kier molecular flexibility index (Phi) is 5.89. The SMILES string of the molecule is Cc1c(Br)ccc([B-](F)(F)F)c1F.[K+]. The van der Waals surface area contributed by atoms with Gasteiger partial charge in [0.15, 0.2) is 0 Å². The Morgan fingerprint density at radius 2 is 1.71 bits per heavy atom. The van der Waals surface area contributed by atoms with Crippen LogP contribution in [0.2, 0.25) is 0 Å². The summed E-state index contributed by atoms with van der Waals surface area (Å²) in [5, 5.41) is 0. The van der Waals surface area contributed by atoms with Crippen molar-refractivity contribution in [3.05, 3.63) is 28.0 Å². The molecule has 0 aliphatic carbocycles. The molecule has 0 N–H and O–H groups in total. The van der Waals surface area contributed by atoms with Crippen molar-refractivity contribution in [1.29, 1.82) is 0 Å². The minimum Gasteiger partial charge on any atom is -0.445 e. The van der Waals surface area contributed by atoms with Crippen molar-refractivity contribution in [1.82, 2.24) is 0 Å². The zero-order chi connectivity index (χ0) is 10.2. The summed E-state index contributed by atoms with van der Waals surface area (Å²) in [6.07, 6.45) is 0. The minimum absolute atomic E-state index is 0. The van der Waals surface area contributed by atoms with Gasteiger partial charge in [-0.3, -0.25) is 0 Å². The molecule has 7 heteroatoms. The monoisotopic (exact) mass is 294 g/mol. The standard InChI is InChI=1S/C7H5BBrF4.K/c1-4-6(9)3-2-5(7(4)10)8(11,12)13;/h2-3H,1H3;/q-1;+1. The van der Waals surface area contributed by atoms with Crippen molar-refractivity contribution in [2.45, 2.75) is 6.92 Å². The Labute approximate surface area is 130 Å². The summed E-state index contributed by atoms with van der Waals surface area (Å²) in [6.45, 7) is -3.96. The first-order chi connectivity index (χ1) is 5.84. The van der Waals surface area contributed by atoms with Crippen molar-refractivity contribution >= 4 is 28.4 Å². The molecule has 1 aromatic carbocycles. The molecule has 0 aliphatic heterocycles. The second kappa shape index (κ2) is 5.45. The van der Waals surface area contributed by atoms with Gasteiger partial charge in [-0.25, -0.2) is 4.39 Å². The van der Waals surface area contributed by atoms with E-state index in [1.807, 2.05) is 0 Å². The van der Waals surface area contributed by atoms with E-state index in [0.717, 1.165) is 6.07 Å². The molecule has 0 nitrogen and oxygen atoms in total. The molecule has 0 heterocycles. The quantitative estimate of drug-likeness (QED) is 0.504. The van der Waals surface area contributed by atoms with Gasteiger partial charge in [-0.2, -0.15) is 0 Å². The summed E-state index contributed by atoms with van der Waals surface area (Å²) in [5.41, 5.74) is -1.18. The van der Waals surface area contributed by atoms with Crippen LogP contribution >= 0.6 is 15.9 Å². The molecular formula is C7H5BBrF4K. The molecule has 14 heavy (non-hydrogen) atoms. The fourth-order valence-corrected chi connectivity index (χ4v) is 1.24. The smallest absolute Gasteiger partial charge is 0.445 e. The van der Waals surface area contributed by atoms with Crippen molar-refractivity contribution in [3.63, 3.8) is 0 Å². The topological polar surface area (TPSA) is 0 Å². The number of hydrogen-bond donors (Lipinski definition) is 0. The third kappa shape index (κ3) is 3.31. The average Bonchev–Trinajstić information content (AvgIpc) is 1.98. The van der Waals surface area contributed by atoms with Crippen LogP contribution in [0, 0.1) is 12.7 Å². The summed E-state index contributed by atoms with van der Waals surface area (Å²) in [5.74, 6) is -1.19. The number of halogens is 5. The number of benzene rings is 1. The van der Waals surface area contributed by atoms with E-state index >= 15 is 0 Å². The Hall–Kier alpha value is 1.12. The van der Waals surface area contributed by atoms with Gasteiger partial charge in [0.05, 0.1) is 0 Å². The van der Waals surface area contributed by atoms with Gasteiger partial charge in [-0.15, -0.1) is 0 Å². The molecule has 0 bridgehead atoms. The molecule has 0 atom stereocenters. The molecule has 0 unspecified atom stereocenters. The molecule has 0 aromatic heterocycles. The number of hydrogen-bond acceptors (Lipinski definition) is 0. The molecule has 0 saturated heterocycles. The second-order valence-corrected chi connectivity index (χ2v) is 3.50. The molecule has 72 valence electrons. The maximum absolute atomic E-state index is 13.0. The van der Waals surface area contributed by atoms with E-state index in [-0.39, 0.29) is 56.9 Å². The third-order valence-electron chi connectivity index (χ3n) is 1.70. The normalized spacial score (nSPS) is 11.0. The minimum atomic E-state index is -5.26. The van der Waals surface area contributed by atoms with Crippen molar-refractivity contribution < 1.29 is 68.7 Å². The van der Waals surface area contributed by atoms with Gasteiger partial charge in [0.25, 0.3) is 0 Å². The third-order valence-corrected chi connectivity index (χ3v) is 2.56. The van der Waals surface area contributed by atoms with Crippen LogP contribution in [0.4, 0.5) is 17.3 Å². The van der Waals surface area contributed by atoms with Crippen molar-refractivity contribution in [2.24, 2.45) is 0 Å². The first kappa shape index (κ1) is 15.1. The molecule has 0 amide bonds. The Bertz CT molecular complexity index is 339. The summed E-state index contributed by atoms with van der Waals surface area (Å²) in [4.78, 5) is 0. The molecular weight excluding hydrogens is 290 g/mol. The predicted octanol–water partition coefficient (Wildman–Crippen LogP) is -0.0450. The molecule has 0 radical (unpaired) electrons. The van der Waals surface area contributed by atoms with E-state index < -0.39 is 18.3 Å². The van der Waals surface area contributed by atoms with Gasteiger partial charge >= 0.3 is 58.4 Å². The van der Waals surface area contributed by atoms with Crippen LogP contribution in [-0.2, 0) is 0 Å². The van der Waals surface area contributed by atoms with Crippen LogP contribution in [-0.4, -0.2) is 6.98 Å². The van der Waals surface area contributed by atoms with Crippen LogP contribution in [0.3, 0.4) is 0 Å². The molecule has 0 fully saturated rings. The van der Waals surface area contributed by atoms with E-state index in [4.69, 9.17) is 0 Å². The van der Waals surface area contributed by atoms with Gasteiger partial charge in [-0.1, -0.05) is 33.5 Å². The van der Waals surface area contributed by atoms with Gasteiger partial charge in [0, 0.05) is 4.47 Å². The van der Waals surface area contributed by atoms with Crippen molar-refractivity contribution in [2.75, 3.05) is 0 Å². The van der Waals surface area contributed by atoms with Crippen LogP contribution in [0.25, 0.3) is 0 Å². The average molecular weight is 295 g/mol. The Morgan fingerprint density at radius 1 is 1.21 bits per heavy atom. The molecule has 1 aromatic rings. The first-order valence-corrected chi connectivity index (χ1v) is 4.27. The zero-order valence-corrected chi connectivity index (χ0v) is 12.3. The van der Waals surface area contributed by atoms with Gasteiger partial charge in [-0.05, 0) is 12.5 Å². The van der Waals surface area contributed by atoms with E-state index in [0.29, 0.717) is 4.47 Å². The first-order valence-electron chi connectivity index (χ1n) is 3.48. The second-order valence-electron chi connectivity index (χ2n) is 2.65. The molecule has 0 aliphatic rings. The van der Waals surface area contributed by atoms with Gasteiger partial charge < -0.3 is 12.9 Å². The van der Waals surface area contributed by atoms with Crippen LogP contribution < -0.4 is 56.8 Å². The largest absolute Gasteiger partial charge is 1.00 e. The van der Waals surface area contributed by atoms with E-state index in [9.17, 15) is 17.3 Å². The fraction of sp³-hybridized carbons (Fsp3) is 0.143. The zero-order valence-electron chi connectivity index (χ0n) is 7.62. The molecule has 0 spiro atoms. The van der Waals surface area contributed by atoms with Crippen LogP contribution in [0.5, 0.6) is 0 Å². The van der Waals surface area contributed by atoms with Crippen molar-refractivity contribution in [3.8, 4) is 0 Å². The van der Waals surface area contributed by atoms with Gasteiger partial charge in [0.2, 0.25) is 0 Å². The van der Waals surface area contributed by atoms with E-state index in [1.54, 1.807) is 0 Å². The summed E-state index contributed by atoms with van der Waals surface area (Å²) < 4.78 is 49.9. The molecule has 1 rings (SSSR count). The van der Waals surface area contributed by atoms with E-state index in [1.165, 1.54) is 13.0 Å². The summed E-state index contributed by atoms with van der Waals surface area (Å²) in [7, 11) is 0. The molecule has 0 saturated carbocycles. The summed E-state index contributed by atoms with van der Waals surface area (Å²) >= 11 is 2.95. The Balaban J connectivity index is 0.00000169. The summed E-state index contributed by atoms with van der Waals surface area (Å²) in [6, 6.07) is 1.94. The maximum atomic E-state index is 13.0. The predicted molar refractivity (Wildman–Crippen MR) is 47.5 cm³/mol. The van der Waals surface area contributed by atoms with Crippen LogP contribution in [0.1, 0.15) is 5.56 Å². The van der Waals surface area contributed by atoms with E-state index in [2.05, 4.69) is 15.9 Å². The van der Waals surface area contributed by atoms with Crippen LogP contribution in [0.15, 0.2) is 16.6 Å². The maximum Gasteiger partial charge on any atom is 1.00 e. The number of rotatable bonds is 1.